The van der Waals surface area contributed by atoms with Gasteiger partial charge in [0, 0.05) is 13.1 Å². The van der Waals surface area contributed by atoms with E-state index in [1.54, 1.807) is 0 Å². The smallest absolute Gasteiger partial charge is 0.166 e. The fraction of sp³-hybridized carbons (Fsp3) is 0.278. The standard InChI is InChI=1S/C18H23N3S/c1-21(2)17(16-11-7-4-8-12-16)14-20-18(22)19-13-15-9-5-3-6-10-15/h3-12,17H,13-14H2,1-2H3,(H2,19,20,22). The Bertz CT molecular complexity index is 569. The largest absolute Gasteiger partial charge is 0.361 e. The van der Waals surface area contributed by atoms with Crippen LogP contribution in [-0.4, -0.2) is 30.7 Å². The zero-order valence-electron chi connectivity index (χ0n) is 13.1. The first-order chi connectivity index (χ1) is 10.7. The van der Waals surface area contributed by atoms with Crippen LogP contribution >= 0.6 is 12.2 Å². The van der Waals surface area contributed by atoms with Gasteiger partial charge in [-0.05, 0) is 37.4 Å². The highest BCUT2D eigenvalue weighted by Crippen LogP contribution is 2.16. The third-order valence-corrected chi connectivity index (χ3v) is 3.85. The molecule has 0 fully saturated rings. The molecule has 2 aromatic rings. The number of hydrogen-bond donors (Lipinski definition) is 2. The molecular weight excluding hydrogens is 290 g/mol. The molecule has 0 saturated carbocycles. The van der Waals surface area contributed by atoms with Crippen LogP contribution in [0.1, 0.15) is 17.2 Å². The molecule has 0 amide bonds. The lowest BCUT2D eigenvalue weighted by Gasteiger charge is -2.25. The Morgan fingerprint density at radius 3 is 2.14 bits per heavy atom. The Balaban J connectivity index is 1.83. The summed E-state index contributed by atoms with van der Waals surface area (Å²) in [7, 11) is 4.17. The predicted octanol–water partition coefficient (Wildman–Crippen LogP) is 2.95. The van der Waals surface area contributed by atoms with Crippen LogP contribution in [-0.2, 0) is 6.54 Å². The molecule has 22 heavy (non-hydrogen) atoms. The van der Waals surface area contributed by atoms with E-state index in [9.17, 15) is 0 Å². The molecule has 0 aliphatic heterocycles. The molecule has 1 unspecified atom stereocenters. The van der Waals surface area contributed by atoms with Gasteiger partial charge in [-0.25, -0.2) is 0 Å². The second-order valence-corrected chi connectivity index (χ2v) is 5.85. The zero-order chi connectivity index (χ0) is 15.8. The van der Waals surface area contributed by atoms with Crippen LogP contribution in [0.15, 0.2) is 60.7 Å². The van der Waals surface area contributed by atoms with Crippen molar-refractivity contribution in [3.63, 3.8) is 0 Å². The molecule has 3 nitrogen and oxygen atoms in total. The van der Waals surface area contributed by atoms with Crippen molar-refractivity contribution in [3.8, 4) is 0 Å². The Morgan fingerprint density at radius 2 is 1.55 bits per heavy atom. The highest BCUT2D eigenvalue weighted by atomic mass is 32.1. The molecule has 1 atom stereocenters. The molecule has 0 radical (unpaired) electrons. The van der Waals surface area contributed by atoms with E-state index in [0.29, 0.717) is 5.11 Å². The van der Waals surface area contributed by atoms with E-state index in [1.807, 2.05) is 24.3 Å². The van der Waals surface area contributed by atoms with E-state index in [1.165, 1.54) is 11.1 Å². The van der Waals surface area contributed by atoms with Gasteiger partial charge in [0.25, 0.3) is 0 Å². The van der Waals surface area contributed by atoms with E-state index in [0.717, 1.165) is 13.1 Å². The van der Waals surface area contributed by atoms with Gasteiger partial charge in [0.2, 0.25) is 0 Å². The average molecular weight is 313 g/mol. The highest BCUT2D eigenvalue weighted by Gasteiger charge is 2.13. The number of rotatable bonds is 6. The molecule has 0 aliphatic carbocycles. The van der Waals surface area contributed by atoms with Gasteiger partial charge in [-0.15, -0.1) is 0 Å². The predicted molar refractivity (Wildman–Crippen MR) is 96.8 cm³/mol. The summed E-state index contributed by atoms with van der Waals surface area (Å²) in [6.07, 6.45) is 0. The fourth-order valence-electron chi connectivity index (χ4n) is 2.30. The third kappa shape index (κ3) is 5.13. The van der Waals surface area contributed by atoms with Crippen LogP contribution < -0.4 is 10.6 Å². The highest BCUT2D eigenvalue weighted by molar-refractivity contribution is 7.80. The molecule has 0 heterocycles. The van der Waals surface area contributed by atoms with E-state index in [4.69, 9.17) is 12.2 Å². The summed E-state index contributed by atoms with van der Waals surface area (Å²) in [6, 6.07) is 21.0. The van der Waals surface area contributed by atoms with Gasteiger partial charge in [0.1, 0.15) is 0 Å². The number of hydrogen-bond acceptors (Lipinski definition) is 2. The molecule has 0 spiro atoms. The maximum absolute atomic E-state index is 5.37. The first-order valence-electron chi connectivity index (χ1n) is 7.44. The van der Waals surface area contributed by atoms with E-state index in [-0.39, 0.29) is 6.04 Å². The van der Waals surface area contributed by atoms with E-state index >= 15 is 0 Å². The summed E-state index contributed by atoms with van der Waals surface area (Å²) in [5.41, 5.74) is 2.50. The quantitative estimate of drug-likeness (QED) is 0.802. The summed E-state index contributed by atoms with van der Waals surface area (Å²) < 4.78 is 0. The molecule has 2 rings (SSSR count). The van der Waals surface area contributed by atoms with Gasteiger partial charge in [0.15, 0.2) is 5.11 Å². The third-order valence-electron chi connectivity index (χ3n) is 3.56. The Labute approximate surface area is 138 Å². The van der Waals surface area contributed by atoms with Gasteiger partial charge in [-0.3, -0.25) is 0 Å². The molecule has 0 aliphatic rings. The number of likely N-dealkylation sites (N-methyl/N-ethyl adjacent to an activating group) is 1. The van der Waals surface area contributed by atoms with Crippen molar-refractivity contribution in [2.24, 2.45) is 0 Å². The van der Waals surface area contributed by atoms with Crippen molar-refractivity contribution in [3.05, 3.63) is 71.8 Å². The Hall–Kier alpha value is -1.91. The molecule has 0 bridgehead atoms. The summed E-state index contributed by atoms with van der Waals surface area (Å²) in [6.45, 7) is 1.52. The first-order valence-corrected chi connectivity index (χ1v) is 7.84. The van der Waals surface area contributed by atoms with Crippen LogP contribution in [0.25, 0.3) is 0 Å². The summed E-state index contributed by atoms with van der Waals surface area (Å²) in [4.78, 5) is 2.20. The van der Waals surface area contributed by atoms with Gasteiger partial charge < -0.3 is 15.5 Å². The van der Waals surface area contributed by atoms with Gasteiger partial charge >= 0.3 is 0 Å². The topological polar surface area (TPSA) is 27.3 Å². The molecule has 2 aromatic carbocycles. The Morgan fingerprint density at radius 1 is 0.955 bits per heavy atom. The van der Waals surface area contributed by atoms with Crippen LogP contribution in [0, 0.1) is 0 Å². The zero-order valence-corrected chi connectivity index (χ0v) is 13.9. The van der Waals surface area contributed by atoms with Crippen molar-refractivity contribution in [2.45, 2.75) is 12.6 Å². The number of nitrogens with zero attached hydrogens (tertiary/aromatic N) is 1. The molecule has 2 N–H and O–H groups in total. The number of benzene rings is 2. The molecule has 0 saturated heterocycles. The fourth-order valence-corrected chi connectivity index (χ4v) is 2.46. The second-order valence-electron chi connectivity index (χ2n) is 5.44. The lowest BCUT2D eigenvalue weighted by Crippen LogP contribution is -2.40. The summed E-state index contributed by atoms with van der Waals surface area (Å²) in [5, 5.41) is 7.24. The monoisotopic (exact) mass is 313 g/mol. The van der Waals surface area contributed by atoms with Crippen LogP contribution in [0.4, 0.5) is 0 Å². The molecule has 0 aromatic heterocycles. The molecule has 116 valence electrons. The molecule has 4 heteroatoms. The van der Waals surface area contributed by atoms with Crippen molar-refractivity contribution in [1.82, 2.24) is 15.5 Å². The summed E-state index contributed by atoms with van der Waals surface area (Å²) in [5.74, 6) is 0. The van der Waals surface area contributed by atoms with Gasteiger partial charge in [-0.1, -0.05) is 60.7 Å². The number of thiocarbonyl (C=S) groups is 1. The van der Waals surface area contributed by atoms with Crippen LogP contribution in [0.3, 0.4) is 0 Å². The minimum absolute atomic E-state index is 0.290. The normalized spacial score (nSPS) is 12.0. The summed E-state index contributed by atoms with van der Waals surface area (Å²) >= 11 is 5.37. The Kier molecular flexibility index (Phi) is 6.37. The second kappa shape index (κ2) is 8.51. The van der Waals surface area contributed by atoms with Crippen LogP contribution in [0.5, 0.6) is 0 Å². The lowest BCUT2D eigenvalue weighted by atomic mass is 10.1. The van der Waals surface area contributed by atoms with E-state index in [2.05, 4.69) is 66.0 Å². The van der Waals surface area contributed by atoms with Crippen molar-refractivity contribution < 1.29 is 0 Å². The minimum atomic E-state index is 0.290. The van der Waals surface area contributed by atoms with Crippen molar-refractivity contribution in [1.29, 1.82) is 0 Å². The SMILES string of the molecule is CN(C)C(CNC(=S)NCc1ccccc1)c1ccccc1. The number of nitrogens with one attached hydrogen (secondary N) is 2. The lowest BCUT2D eigenvalue weighted by molar-refractivity contribution is 0.298. The van der Waals surface area contributed by atoms with Crippen molar-refractivity contribution in [2.75, 3.05) is 20.6 Å². The first kappa shape index (κ1) is 16.5. The molecular formula is C18H23N3S. The van der Waals surface area contributed by atoms with Crippen molar-refractivity contribution >= 4 is 17.3 Å². The average Bonchev–Trinajstić information content (AvgIpc) is 2.55. The minimum Gasteiger partial charge on any atom is -0.361 e. The van der Waals surface area contributed by atoms with E-state index < -0.39 is 0 Å². The van der Waals surface area contributed by atoms with Gasteiger partial charge in [-0.2, -0.15) is 0 Å². The van der Waals surface area contributed by atoms with Crippen LogP contribution in [0.2, 0.25) is 0 Å². The van der Waals surface area contributed by atoms with Gasteiger partial charge in [0.05, 0.1) is 6.04 Å². The maximum atomic E-state index is 5.37. The maximum Gasteiger partial charge on any atom is 0.166 e.